The first-order valence-corrected chi connectivity index (χ1v) is 9.83. The molecule has 2 amide bonds. The summed E-state index contributed by atoms with van der Waals surface area (Å²) in [5.41, 5.74) is 3.52. The van der Waals surface area contributed by atoms with Crippen LogP contribution in [0, 0.1) is 13.8 Å². The summed E-state index contributed by atoms with van der Waals surface area (Å²) in [6.45, 7) is 5.64. The van der Waals surface area contributed by atoms with Crippen molar-refractivity contribution in [3.8, 4) is 0 Å². The predicted octanol–water partition coefficient (Wildman–Crippen LogP) is 4.01. The lowest BCUT2D eigenvalue weighted by Crippen LogP contribution is -2.35. The van der Waals surface area contributed by atoms with Gasteiger partial charge in [-0.1, -0.05) is 35.9 Å². The number of aryl methyl sites for hydroxylation is 2. The standard InChI is InChI=1S/C24H24N2O5/c1-15-6-9-18(10-7-15)14-25-22(27)17(3)31-24(29)19-11-8-16(2)20(13-19)26-23(28)21-5-4-12-30-21/h4-13,17H,14H2,1-3H3,(H,25,27)(H,26,28). The molecule has 1 aromatic heterocycles. The van der Waals surface area contributed by atoms with Crippen LogP contribution in [0.3, 0.4) is 0 Å². The molecule has 3 rings (SSSR count). The molecular weight excluding hydrogens is 396 g/mol. The third kappa shape index (κ3) is 5.82. The highest BCUT2D eigenvalue weighted by molar-refractivity contribution is 6.03. The van der Waals surface area contributed by atoms with Gasteiger partial charge in [-0.05, 0) is 56.2 Å². The minimum Gasteiger partial charge on any atom is -0.459 e. The number of carbonyl (C=O) groups excluding carboxylic acids is 3. The molecule has 0 radical (unpaired) electrons. The Balaban J connectivity index is 1.59. The Morgan fingerprint density at radius 3 is 2.45 bits per heavy atom. The van der Waals surface area contributed by atoms with Crippen molar-refractivity contribution in [2.45, 2.75) is 33.4 Å². The number of amides is 2. The van der Waals surface area contributed by atoms with Crippen LogP contribution in [-0.4, -0.2) is 23.9 Å². The number of hydrogen-bond acceptors (Lipinski definition) is 5. The van der Waals surface area contributed by atoms with Crippen LogP contribution in [0.1, 0.15) is 44.5 Å². The summed E-state index contributed by atoms with van der Waals surface area (Å²) in [7, 11) is 0. The predicted molar refractivity (Wildman–Crippen MR) is 116 cm³/mol. The van der Waals surface area contributed by atoms with E-state index in [1.54, 1.807) is 31.2 Å². The van der Waals surface area contributed by atoms with Crippen LogP contribution < -0.4 is 10.6 Å². The van der Waals surface area contributed by atoms with Crippen molar-refractivity contribution in [2.75, 3.05) is 5.32 Å². The van der Waals surface area contributed by atoms with Crippen molar-refractivity contribution >= 4 is 23.5 Å². The average Bonchev–Trinajstić information content (AvgIpc) is 3.29. The van der Waals surface area contributed by atoms with E-state index in [-0.39, 0.29) is 11.3 Å². The highest BCUT2D eigenvalue weighted by Crippen LogP contribution is 2.19. The lowest BCUT2D eigenvalue weighted by atomic mass is 10.1. The second kappa shape index (κ2) is 9.75. The molecule has 1 atom stereocenters. The van der Waals surface area contributed by atoms with Crippen LogP contribution in [0.25, 0.3) is 0 Å². The maximum absolute atomic E-state index is 12.5. The molecule has 0 aliphatic carbocycles. The quantitative estimate of drug-likeness (QED) is 0.563. The zero-order valence-electron chi connectivity index (χ0n) is 17.6. The van der Waals surface area contributed by atoms with Crippen molar-refractivity contribution in [3.05, 3.63) is 88.9 Å². The Morgan fingerprint density at radius 1 is 1.03 bits per heavy atom. The summed E-state index contributed by atoms with van der Waals surface area (Å²) in [6, 6.07) is 15.7. The molecule has 0 aliphatic heterocycles. The van der Waals surface area contributed by atoms with E-state index in [1.165, 1.54) is 19.3 Å². The van der Waals surface area contributed by atoms with Gasteiger partial charge in [-0.2, -0.15) is 0 Å². The molecule has 0 saturated heterocycles. The topological polar surface area (TPSA) is 97.6 Å². The fraction of sp³-hybridized carbons (Fsp3) is 0.208. The van der Waals surface area contributed by atoms with Crippen molar-refractivity contribution in [3.63, 3.8) is 0 Å². The highest BCUT2D eigenvalue weighted by Gasteiger charge is 2.20. The number of furan rings is 1. The van der Waals surface area contributed by atoms with Gasteiger partial charge < -0.3 is 19.8 Å². The number of hydrogen-bond donors (Lipinski definition) is 2. The van der Waals surface area contributed by atoms with E-state index in [4.69, 9.17) is 9.15 Å². The van der Waals surface area contributed by atoms with Crippen molar-refractivity contribution < 1.29 is 23.5 Å². The molecule has 2 aromatic carbocycles. The molecule has 7 nitrogen and oxygen atoms in total. The first-order chi connectivity index (χ1) is 14.8. The van der Waals surface area contributed by atoms with Crippen LogP contribution in [0.5, 0.6) is 0 Å². The molecule has 0 spiro atoms. The summed E-state index contributed by atoms with van der Waals surface area (Å²) in [5.74, 6) is -1.33. The SMILES string of the molecule is Cc1ccc(CNC(=O)C(C)OC(=O)c2ccc(C)c(NC(=O)c3ccco3)c2)cc1. The number of anilines is 1. The fourth-order valence-corrected chi connectivity index (χ4v) is 2.80. The molecule has 7 heteroatoms. The zero-order chi connectivity index (χ0) is 22.4. The Morgan fingerprint density at radius 2 is 1.77 bits per heavy atom. The van der Waals surface area contributed by atoms with Crippen LogP contribution in [0.2, 0.25) is 0 Å². The van der Waals surface area contributed by atoms with Crippen molar-refractivity contribution in [1.29, 1.82) is 0 Å². The molecule has 0 bridgehead atoms. The van der Waals surface area contributed by atoms with Crippen LogP contribution >= 0.6 is 0 Å². The van der Waals surface area contributed by atoms with Gasteiger partial charge in [-0.15, -0.1) is 0 Å². The van der Waals surface area contributed by atoms with Crippen LogP contribution in [0.4, 0.5) is 5.69 Å². The molecule has 31 heavy (non-hydrogen) atoms. The lowest BCUT2D eigenvalue weighted by molar-refractivity contribution is -0.129. The Labute approximate surface area is 180 Å². The highest BCUT2D eigenvalue weighted by atomic mass is 16.5. The van der Waals surface area contributed by atoms with E-state index < -0.39 is 23.9 Å². The van der Waals surface area contributed by atoms with Crippen LogP contribution in [-0.2, 0) is 16.1 Å². The van der Waals surface area contributed by atoms with Gasteiger partial charge in [0.05, 0.1) is 11.8 Å². The first kappa shape index (κ1) is 21.8. The third-order valence-corrected chi connectivity index (χ3v) is 4.71. The Bertz CT molecular complexity index is 1070. The maximum atomic E-state index is 12.5. The van der Waals surface area contributed by atoms with E-state index in [1.807, 2.05) is 31.2 Å². The van der Waals surface area contributed by atoms with Gasteiger partial charge in [-0.3, -0.25) is 9.59 Å². The van der Waals surface area contributed by atoms with E-state index in [2.05, 4.69) is 10.6 Å². The largest absolute Gasteiger partial charge is 0.459 e. The number of benzene rings is 2. The monoisotopic (exact) mass is 420 g/mol. The summed E-state index contributed by atoms with van der Waals surface area (Å²) < 4.78 is 10.4. The summed E-state index contributed by atoms with van der Waals surface area (Å²) in [6.07, 6.45) is 0.432. The average molecular weight is 420 g/mol. The van der Waals surface area contributed by atoms with Gasteiger partial charge in [0.25, 0.3) is 11.8 Å². The molecule has 0 saturated carbocycles. The summed E-state index contributed by atoms with van der Waals surface area (Å²) in [5, 5.41) is 5.46. The van der Waals surface area contributed by atoms with E-state index in [9.17, 15) is 14.4 Å². The van der Waals surface area contributed by atoms with E-state index in [0.29, 0.717) is 12.2 Å². The molecule has 1 unspecified atom stereocenters. The molecule has 3 aromatic rings. The van der Waals surface area contributed by atoms with Gasteiger partial charge in [0, 0.05) is 12.2 Å². The molecule has 1 heterocycles. The van der Waals surface area contributed by atoms with Gasteiger partial charge in [0.2, 0.25) is 0 Å². The van der Waals surface area contributed by atoms with Crippen molar-refractivity contribution in [2.24, 2.45) is 0 Å². The Kier molecular flexibility index (Phi) is 6.87. The summed E-state index contributed by atoms with van der Waals surface area (Å²) >= 11 is 0. The van der Waals surface area contributed by atoms with Crippen LogP contribution in [0.15, 0.2) is 65.3 Å². The maximum Gasteiger partial charge on any atom is 0.338 e. The Hall–Kier alpha value is -3.87. The number of carbonyl (C=O) groups is 3. The minimum atomic E-state index is -0.972. The molecule has 2 N–H and O–H groups in total. The number of nitrogens with one attached hydrogen (secondary N) is 2. The van der Waals surface area contributed by atoms with Gasteiger partial charge in [-0.25, -0.2) is 4.79 Å². The first-order valence-electron chi connectivity index (χ1n) is 9.83. The summed E-state index contributed by atoms with van der Waals surface area (Å²) in [4.78, 5) is 37.0. The number of ether oxygens (including phenoxy) is 1. The van der Waals surface area contributed by atoms with E-state index >= 15 is 0 Å². The minimum absolute atomic E-state index is 0.159. The lowest BCUT2D eigenvalue weighted by Gasteiger charge is -2.15. The molecule has 160 valence electrons. The zero-order valence-corrected chi connectivity index (χ0v) is 17.6. The van der Waals surface area contributed by atoms with Gasteiger partial charge >= 0.3 is 5.97 Å². The molecule has 0 aliphatic rings. The van der Waals surface area contributed by atoms with E-state index in [0.717, 1.165) is 16.7 Å². The third-order valence-electron chi connectivity index (χ3n) is 4.71. The molecule has 0 fully saturated rings. The number of esters is 1. The fourth-order valence-electron chi connectivity index (χ4n) is 2.80. The van der Waals surface area contributed by atoms with Crippen molar-refractivity contribution in [1.82, 2.24) is 5.32 Å². The second-order valence-electron chi connectivity index (χ2n) is 7.21. The molecular formula is C24H24N2O5. The van der Waals surface area contributed by atoms with Gasteiger partial charge in [0.1, 0.15) is 0 Å². The normalized spacial score (nSPS) is 11.5. The smallest absolute Gasteiger partial charge is 0.338 e. The number of rotatable bonds is 7. The van der Waals surface area contributed by atoms with Gasteiger partial charge in [0.15, 0.2) is 11.9 Å². The second-order valence-corrected chi connectivity index (χ2v) is 7.21.